The van der Waals surface area contributed by atoms with E-state index in [4.69, 9.17) is 14.2 Å². The van der Waals surface area contributed by atoms with Gasteiger partial charge < -0.3 is 14.2 Å². The first-order valence-electron chi connectivity index (χ1n) is 11.0. The Morgan fingerprint density at radius 1 is 0.938 bits per heavy atom. The lowest BCUT2D eigenvalue weighted by atomic mass is 9.73. The van der Waals surface area contributed by atoms with Crippen molar-refractivity contribution in [2.75, 3.05) is 24.7 Å². The van der Waals surface area contributed by atoms with E-state index in [1.54, 1.807) is 12.3 Å². The van der Waals surface area contributed by atoms with E-state index in [1.165, 1.54) is 27.9 Å². The Hall–Kier alpha value is -3.51. The third kappa shape index (κ3) is 3.19. The van der Waals surface area contributed by atoms with Crippen LogP contribution in [-0.2, 0) is 23.1 Å². The van der Waals surface area contributed by atoms with E-state index in [1.807, 2.05) is 6.20 Å². The summed E-state index contributed by atoms with van der Waals surface area (Å²) in [7, 11) is 0. The van der Waals surface area contributed by atoms with Crippen LogP contribution in [0.4, 0.5) is 5.69 Å². The van der Waals surface area contributed by atoms with Crippen molar-refractivity contribution >= 4 is 5.69 Å². The molecule has 0 bridgehead atoms. The van der Waals surface area contributed by atoms with Crippen molar-refractivity contribution in [2.24, 2.45) is 0 Å². The molecule has 4 aromatic rings. The number of aryl methyl sites for hydroxylation is 1. The molecular weight excluding hydrogens is 400 g/mol. The van der Waals surface area contributed by atoms with Crippen molar-refractivity contribution in [1.29, 1.82) is 0 Å². The van der Waals surface area contributed by atoms with Crippen LogP contribution in [0, 0.1) is 6.92 Å². The molecule has 1 fully saturated rings. The highest BCUT2D eigenvalue weighted by Crippen LogP contribution is 2.40. The third-order valence-corrected chi connectivity index (χ3v) is 6.70. The SMILES string of the molecule is Cc1ccc(C2(c3ccc(N4CCc5cnc(-c6ccon6)nc5C4)cc3)COC2)cc1. The Morgan fingerprint density at radius 3 is 2.34 bits per heavy atom. The van der Waals surface area contributed by atoms with Gasteiger partial charge in [0.25, 0.3) is 0 Å². The second-order valence-corrected chi connectivity index (χ2v) is 8.71. The molecule has 6 nitrogen and oxygen atoms in total. The van der Waals surface area contributed by atoms with Gasteiger partial charge in [-0.3, -0.25) is 0 Å². The van der Waals surface area contributed by atoms with Crippen molar-refractivity contribution in [3.8, 4) is 11.5 Å². The Balaban J connectivity index is 1.25. The van der Waals surface area contributed by atoms with E-state index in [0.29, 0.717) is 11.5 Å². The fraction of sp³-hybridized carbons (Fsp3) is 0.269. The fourth-order valence-corrected chi connectivity index (χ4v) is 4.64. The van der Waals surface area contributed by atoms with Gasteiger partial charge in [-0.1, -0.05) is 47.1 Å². The minimum Gasteiger partial charge on any atom is -0.379 e. The van der Waals surface area contributed by atoms with Crippen molar-refractivity contribution < 1.29 is 9.26 Å². The van der Waals surface area contributed by atoms with Gasteiger partial charge in [-0.25, -0.2) is 9.97 Å². The maximum atomic E-state index is 5.67. The number of rotatable bonds is 4. The highest BCUT2D eigenvalue weighted by atomic mass is 16.5. The lowest BCUT2D eigenvalue weighted by molar-refractivity contribution is -0.0379. The maximum absolute atomic E-state index is 5.67. The van der Waals surface area contributed by atoms with Gasteiger partial charge >= 0.3 is 0 Å². The topological polar surface area (TPSA) is 64.3 Å². The first-order chi connectivity index (χ1) is 15.7. The molecule has 2 aromatic carbocycles. The van der Waals surface area contributed by atoms with Crippen LogP contribution < -0.4 is 4.90 Å². The van der Waals surface area contributed by atoms with Gasteiger partial charge in [0.15, 0.2) is 11.5 Å². The Kier molecular flexibility index (Phi) is 4.54. The quantitative estimate of drug-likeness (QED) is 0.486. The average molecular weight is 425 g/mol. The predicted molar refractivity (Wildman–Crippen MR) is 122 cm³/mol. The zero-order chi connectivity index (χ0) is 21.5. The standard InChI is InChI=1S/C26H24N4O2/c1-18-2-4-20(5-3-18)26(16-31-17-26)21-6-8-22(9-7-21)30-12-10-19-14-27-25(28-24(19)15-30)23-11-13-32-29-23/h2-9,11,13-14H,10,12,15-17H2,1H3. The van der Waals surface area contributed by atoms with Crippen molar-refractivity contribution in [3.05, 3.63) is 95.0 Å². The number of anilines is 1. The molecule has 6 heteroatoms. The lowest BCUT2D eigenvalue weighted by Gasteiger charge is -2.43. The van der Waals surface area contributed by atoms with Gasteiger partial charge in [0.1, 0.15) is 6.26 Å². The molecule has 2 aliphatic heterocycles. The van der Waals surface area contributed by atoms with Gasteiger partial charge in [-0.15, -0.1) is 0 Å². The Morgan fingerprint density at radius 2 is 1.69 bits per heavy atom. The van der Waals surface area contributed by atoms with Gasteiger partial charge in [0.05, 0.1) is 30.9 Å². The van der Waals surface area contributed by atoms with E-state index in [2.05, 4.69) is 70.5 Å². The number of hydrogen-bond acceptors (Lipinski definition) is 6. The van der Waals surface area contributed by atoms with E-state index in [0.717, 1.165) is 38.4 Å². The monoisotopic (exact) mass is 424 g/mol. The van der Waals surface area contributed by atoms with Crippen LogP contribution in [0.1, 0.15) is 27.9 Å². The second kappa shape index (κ2) is 7.57. The summed E-state index contributed by atoms with van der Waals surface area (Å²) in [6.45, 7) is 5.29. The smallest absolute Gasteiger partial charge is 0.182 e. The predicted octanol–water partition coefficient (Wildman–Crippen LogP) is 4.32. The number of aromatic nitrogens is 3. The molecule has 2 aromatic heterocycles. The van der Waals surface area contributed by atoms with Crippen LogP contribution >= 0.6 is 0 Å². The summed E-state index contributed by atoms with van der Waals surface area (Å²) < 4.78 is 10.6. The zero-order valence-electron chi connectivity index (χ0n) is 18.0. The molecule has 6 rings (SSSR count). The van der Waals surface area contributed by atoms with E-state index in [-0.39, 0.29) is 5.41 Å². The summed E-state index contributed by atoms with van der Waals surface area (Å²) in [6, 6.07) is 19.6. The molecule has 0 N–H and O–H groups in total. The first-order valence-corrected chi connectivity index (χ1v) is 11.0. The molecule has 1 saturated heterocycles. The summed E-state index contributed by atoms with van der Waals surface area (Å²) in [5.41, 5.74) is 8.00. The fourth-order valence-electron chi connectivity index (χ4n) is 4.64. The molecule has 0 amide bonds. The molecule has 0 atom stereocenters. The highest BCUT2D eigenvalue weighted by molar-refractivity contribution is 5.54. The van der Waals surface area contributed by atoms with Gasteiger partial charge in [0.2, 0.25) is 0 Å². The third-order valence-electron chi connectivity index (χ3n) is 6.70. The van der Waals surface area contributed by atoms with Crippen molar-refractivity contribution in [1.82, 2.24) is 15.1 Å². The second-order valence-electron chi connectivity index (χ2n) is 8.71. The molecule has 32 heavy (non-hydrogen) atoms. The number of hydrogen-bond donors (Lipinski definition) is 0. The largest absolute Gasteiger partial charge is 0.379 e. The molecule has 2 aliphatic rings. The number of fused-ring (bicyclic) bond motifs is 1. The summed E-state index contributed by atoms with van der Waals surface area (Å²) in [5, 5.41) is 3.96. The van der Waals surface area contributed by atoms with E-state index < -0.39 is 0 Å². The average Bonchev–Trinajstić information content (AvgIpc) is 3.34. The summed E-state index contributed by atoms with van der Waals surface area (Å²) in [4.78, 5) is 11.6. The molecule has 0 spiro atoms. The molecular formula is C26H24N4O2. The number of benzene rings is 2. The first kappa shape index (κ1) is 19.2. The molecule has 0 aliphatic carbocycles. The molecule has 160 valence electrons. The summed E-state index contributed by atoms with van der Waals surface area (Å²) in [6.07, 6.45) is 4.40. The van der Waals surface area contributed by atoms with Crippen LogP contribution in [0.15, 0.2) is 71.6 Å². The van der Waals surface area contributed by atoms with Crippen molar-refractivity contribution in [2.45, 2.75) is 25.3 Å². The van der Waals surface area contributed by atoms with Crippen LogP contribution in [0.2, 0.25) is 0 Å². The van der Waals surface area contributed by atoms with E-state index >= 15 is 0 Å². The van der Waals surface area contributed by atoms with Crippen LogP contribution in [0.5, 0.6) is 0 Å². The van der Waals surface area contributed by atoms with Crippen LogP contribution in [0.3, 0.4) is 0 Å². The summed E-state index contributed by atoms with van der Waals surface area (Å²) in [5.74, 6) is 0.611. The Labute approximate surface area is 186 Å². The van der Waals surface area contributed by atoms with Crippen LogP contribution in [0.25, 0.3) is 11.5 Å². The molecule has 0 saturated carbocycles. The number of nitrogens with zero attached hydrogens (tertiary/aromatic N) is 4. The zero-order valence-corrected chi connectivity index (χ0v) is 18.0. The van der Waals surface area contributed by atoms with Gasteiger partial charge in [0, 0.05) is 24.5 Å². The molecule has 0 radical (unpaired) electrons. The lowest BCUT2D eigenvalue weighted by Crippen LogP contribution is -2.47. The van der Waals surface area contributed by atoms with Gasteiger partial charge in [-0.2, -0.15) is 0 Å². The maximum Gasteiger partial charge on any atom is 0.182 e. The normalized spacial score (nSPS) is 17.0. The highest BCUT2D eigenvalue weighted by Gasteiger charge is 2.42. The van der Waals surface area contributed by atoms with Crippen molar-refractivity contribution in [3.63, 3.8) is 0 Å². The summed E-state index contributed by atoms with van der Waals surface area (Å²) >= 11 is 0. The molecule has 4 heterocycles. The Bertz CT molecular complexity index is 1230. The minimum absolute atomic E-state index is 0.0412. The minimum atomic E-state index is -0.0412. The van der Waals surface area contributed by atoms with E-state index in [9.17, 15) is 0 Å². The van der Waals surface area contributed by atoms with Gasteiger partial charge in [-0.05, 0) is 42.2 Å². The number of ether oxygens (including phenoxy) is 1. The molecule has 0 unspecified atom stereocenters. The van der Waals surface area contributed by atoms with Crippen LogP contribution in [-0.4, -0.2) is 34.9 Å².